The molecule has 0 heterocycles. The standard InChI is InChI=1S/C15H26O2Si/c1-4-18(5-2,6-3)13-7-12-17-15-10-8-14(16)9-11-15/h8-11,16H,4-7,12-13H2,1-3H3. The van der Waals surface area contributed by atoms with E-state index in [4.69, 9.17) is 4.74 Å². The van der Waals surface area contributed by atoms with Crippen LogP contribution in [0.2, 0.25) is 24.2 Å². The van der Waals surface area contributed by atoms with Crippen molar-refractivity contribution in [3.63, 3.8) is 0 Å². The van der Waals surface area contributed by atoms with Gasteiger partial charge in [-0.25, -0.2) is 0 Å². The summed E-state index contributed by atoms with van der Waals surface area (Å²) < 4.78 is 5.70. The number of rotatable bonds is 8. The first-order valence-electron chi connectivity index (χ1n) is 7.07. The summed E-state index contributed by atoms with van der Waals surface area (Å²) in [6, 6.07) is 12.5. The third-order valence-corrected chi connectivity index (χ3v) is 10.1. The summed E-state index contributed by atoms with van der Waals surface area (Å²) in [7, 11) is -0.985. The molecule has 2 nitrogen and oxygen atoms in total. The largest absolute Gasteiger partial charge is 0.508 e. The molecule has 3 heteroatoms. The number of hydrogen-bond acceptors (Lipinski definition) is 2. The van der Waals surface area contributed by atoms with Gasteiger partial charge in [-0.15, -0.1) is 0 Å². The van der Waals surface area contributed by atoms with E-state index in [0.29, 0.717) is 0 Å². The highest BCUT2D eigenvalue weighted by Gasteiger charge is 2.25. The summed E-state index contributed by atoms with van der Waals surface area (Å²) in [6.45, 7) is 7.83. The molecular formula is C15H26O2Si. The van der Waals surface area contributed by atoms with Gasteiger partial charge in [0.25, 0.3) is 0 Å². The number of phenols is 1. The van der Waals surface area contributed by atoms with Gasteiger partial charge < -0.3 is 9.84 Å². The Balaban J connectivity index is 2.31. The molecule has 0 unspecified atom stereocenters. The molecule has 0 saturated heterocycles. The normalized spacial score (nSPS) is 11.5. The molecule has 0 fully saturated rings. The average Bonchev–Trinajstić information content (AvgIpc) is 2.42. The Morgan fingerprint density at radius 2 is 1.56 bits per heavy atom. The van der Waals surface area contributed by atoms with Crippen LogP contribution >= 0.6 is 0 Å². The number of phenolic OH excluding ortho intramolecular Hbond substituents is 1. The van der Waals surface area contributed by atoms with Gasteiger partial charge in [-0.3, -0.25) is 0 Å². The second kappa shape index (κ2) is 7.47. The summed E-state index contributed by atoms with van der Waals surface area (Å²) in [4.78, 5) is 0. The Morgan fingerprint density at radius 3 is 2.06 bits per heavy atom. The van der Waals surface area contributed by atoms with Crippen molar-refractivity contribution in [2.45, 2.75) is 51.4 Å². The van der Waals surface area contributed by atoms with Crippen molar-refractivity contribution >= 4 is 8.07 Å². The molecule has 1 aromatic carbocycles. The van der Waals surface area contributed by atoms with Crippen LogP contribution in [0.1, 0.15) is 27.2 Å². The SMILES string of the molecule is CC[Si](CC)(CC)CCCOc1ccc(O)cc1. The van der Waals surface area contributed by atoms with Gasteiger partial charge in [0.2, 0.25) is 0 Å². The van der Waals surface area contributed by atoms with Gasteiger partial charge >= 0.3 is 0 Å². The summed E-state index contributed by atoms with van der Waals surface area (Å²) in [5, 5.41) is 9.18. The molecule has 0 bridgehead atoms. The Labute approximate surface area is 112 Å². The molecule has 0 aliphatic carbocycles. The minimum atomic E-state index is -0.985. The number of ether oxygens (including phenoxy) is 1. The Hall–Kier alpha value is -0.963. The Morgan fingerprint density at radius 1 is 1.00 bits per heavy atom. The molecule has 0 aliphatic heterocycles. The van der Waals surface area contributed by atoms with E-state index in [1.54, 1.807) is 12.1 Å². The van der Waals surface area contributed by atoms with E-state index >= 15 is 0 Å². The highest BCUT2D eigenvalue weighted by Crippen LogP contribution is 2.26. The zero-order valence-corrected chi connectivity index (χ0v) is 12.9. The zero-order chi connectivity index (χ0) is 13.4. The molecule has 0 radical (unpaired) electrons. The highest BCUT2D eigenvalue weighted by molar-refractivity contribution is 6.79. The topological polar surface area (TPSA) is 29.5 Å². The zero-order valence-electron chi connectivity index (χ0n) is 11.9. The lowest BCUT2D eigenvalue weighted by molar-refractivity contribution is 0.316. The quantitative estimate of drug-likeness (QED) is 0.547. The first-order valence-corrected chi connectivity index (χ1v) is 9.90. The van der Waals surface area contributed by atoms with Gasteiger partial charge in [0.1, 0.15) is 11.5 Å². The maximum absolute atomic E-state index is 9.18. The molecule has 0 aliphatic rings. The monoisotopic (exact) mass is 266 g/mol. The predicted molar refractivity (Wildman–Crippen MR) is 80.2 cm³/mol. The first kappa shape index (κ1) is 15.1. The highest BCUT2D eigenvalue weighted by atomic mass is 28.3. The van der Waals surface area contributed by atoms with Gasteiger partial charge in [-0.2, -0.15) is 0 Å². The van der Waals surface area contributed by atoms with Gasteiger partial charge in [-0.05, 0) is 30.7 Å². The minimum Gasteiger partial charge on any atom is -0.508 e. The molecule has 0 saturated carbocycles. The summed E-state index contributed by atoms with van der Waals surface area (Å²) >= 11 is 0. The Bertz CT molecular complexity index is 323. The number of hydrogen-bond donors (Lipinski definition) is 1. The fourth-order valence-corrected chi connectivity index (χ4v) is 5.91. The predicted octanol–water partition coefficient (Wildman–Crippen LogP) is 4.67. The van der Waals surface area contributed by atoms with Crippen molar-refractivity contribution in [3.05, 3.63) is 24.3 Å². The lowest BCUT2D eigenvalue weighted by Crippen LogP contribution is -2.31. The van der Waals surface area contributed by atoms with Crippen LogP contribution in [0.4, 0.5) is 0 Å². The molecule has 0 atom stereocenters. The lowest BCUT2D eigenvalue weighted by Gasteiger charge is -2.27. The van der Waals surface area contributed by atoms with Crippen molar-refractivity contribution in [2.75, 3.05) is 6.61 Å². The number of benzene rings is 1. The average molecular weight is 266 g/mol. The Kier molecular flexibility index (Phi) is 6.26. The lowest BCUT2D eigenvalue weighted by atomic mass is 10.3. The molecule has 0 spiro atoms. The molecule has 102 valence electrons. The first-order chi connectivity index (χ1) is 8.65. The van der Waals surface area contributed by atoms with Gasteiger partial charge in [-0.1, -0.05) is 44.9 Å². The van der Waals surface area contributed by atoms with Crippen LogP contribution in [0.3, 0.4) is 0 Å². The fraction of sp³-hybridized carbons (Fsp3) is 0.600. The smallest absolute Gasteiger partial charge is 0.119 e. The van der Waals surface area contributed by atoms with Crippen molar-refractivity contribution in [2.24, 2.45) is 0 Å². The van der Waals surface area contributed by atoms with Crippen LogP contribution in [-0.2, 0) is 0 Å². The molecule has 0 aromatic heterocycles. The molecule has 0 amide bonds. The van der Waals surface area contributed by atoms with Gasteiger partial charge in [0, 0.05) is 0 Å². The van der Waals surface area contributed by atoms with E-state index < -0.39 is 8.07 Å². The van der Waals surface area contributed by atoms with Crippen molar-refractivity contribution in [3.8, 4) is 11.5 Å². The third kappa shape index (κ3) is 4.37. The van der Waals surface area contributed by atoms with E-state index in [-0.39, 0.29) is 5.75 Å². The summed E-state index contributed by atoms with van der Waals surface area (Å²) in [6.07, 6.45) is 1.16. The second-order valence-corrected chi connectivity index (χ2v) is 10.6. The summed E-state index contributed by atoms with van der Waals surface area (Å²) in [5.41, 5.74) is 0. The van der Waals surface area contributed by atoms with E-state index in [0.717, 1.165) is 18.8 Å². The molecular weight excluding hydrogens is 240 g/mol. The number of aromatic hydroxyl groups is 1. The van der Waals surface area contributed by atoms with Crippen LogP contribution in [0.15, 0.2) is 24.3 Å². The van der Waals surface area contributed by atoms with Crippen LogP contribution in [-0.4, -0.2) is 19.8 Å². The molecule has 18 heavy (non-hydrogen) atoms. The van der Waals surface area contributed by atoms with Crippen LogP contribution in [0.5, 0.6) is 11.5 Å². The van der Waals surface area contributed by atoms with E-state index in [1.807, 2.05) is 12.1 Å². The van der Waals surface area contributed by atoms with E-state index in [9.17, 15) is 5.11 Å². The van der Waals surface area contributed by atoms with E-state index in [1.165, 1.54) is 24.2 Å². The van der Waals surface area contributed by atoms with Crippen molar-refractivity contribution in [1.82, 2.24) is 0 Å². The maximum Gasteiger partial charge on any atom is 0.119 e. The van der Waals surface area contributed by atoms with Crippen LogP contribution in [0, 0.1) is 0 Å². The van der Waals surface area contributed by atoms with Gasteiger partial charge in [0.15, 0.2) is 0 Å². The molecule has 1 rings (SSSR count). The third-order valence-electron chi connectivity index (χ3n) is 4.21. The van der Waals surface area contributed by atoms with Crippen LogP contribution < -0.4 is 4.74 Å². The van der Waals surface area contributed by atoms with E-state index in [2.05, 4.69) is 20.8 Å². The molecule has 1 N–H and O–H groups in total. The second-order valence-electron chi connectivity index (χ2n) is 5.01. The van der Waals surface area contributed by atoms with Crippen molar-refractivity contribution in [1.29, 1.82) is 0 Å². The fourth-order valence-electron chi connectivity index (χ4n) is 2.46. The maximum atomic E-state index is 9.18. The molecule has 1 aromatic rings. The van der Waals surface area contributed by atoms with Crippen LogP contribution in [0.25, 0.3) is 0 Å². The minimum absolute atomic E-state index is 0.289. The van der Waals surface area contributed by atoms with Crippen molar-refractivity contribution < 1.29 is 9.84 Å². The van der Waals surface area contributed by atoms with Gasteiger partial charge in [0.05, 0.1) is 14.7 Å². The summed E-state index contributed by atoms with van der Waals surface area (Å²) in [5.74, 6) is 1.14.